The number of allylic oxidation sites excluding steroid dienone is 11. The van der Waals surface area contributed by atoms with Crippen molar-refractivity contribution in [3.8, 4) is 0 Å². The Morgan fingerprint density at radius 2 is 1.59 bits per heavy atom. The topological polar surface area (TPSA) is 0 Å². The molecule has 4 unspecified atom stereocenters. The summed E-state index contributed by atoms with van der Waals surface area (Å²) in [5.41, 5.74) is 0. The maximum absolute atomic E-state index is 3.87. The van der Waals surface area contributed by atoms with Crippen molar-refractivity contribution < 1.29 is 0 Å². The molecule has 1 saturated carbocycles. The Bertz CT molecular complexity index is 472. The molecular weight excluding hydrogens is 264 g/mol. The first-order valence-corrected chi connectivity index (χ1v) is 8.45. The quantitative estimate of drug-likeness (QED) is 0.556. The second-order valence-corrected chi connectivity index (χ2v) is 6.23. The van der Waals surface area contributed by atoms with Crippen molar-refractivity contribution in [2.75, 3.05) is 0 Å². The van der Waals surface area contributed by atoms with E-state index in [9.17, 15) is 0 Å². The maximum atomic E-state index is 3.87. The molecule has 0 bridgehead atoms. The number of fused-ring (bicyclic) bond motifs is 1. The third kappa shape index (κ3) is 5.33. The van der Waals surface area contributed by atoms with Crippen LogP contribution in [0.1, 0.15) is 25.7 Å². The van der Waals surface area contributed by atoms with Gasteiger partial charge in [0.15, 0.2) is 0 Å². The number of hydrogen-bond donors (Lipinski definition) is 0. The van der Waals surface area contributed by atoms with Crippen molar-refractivity contribution in [1.82, 2.24) is 0 Å². The van der Waals surface area contributed by atoms with Gasteiger partial charge in [-0.25, -0.2) is 0 Å². The minimum absolute atomic E-state index is 0.325. The molecule has 4 atom stereocenters. The van der Waals surface area contributed by atoms with Gasteiger partial charge in [0, 0.05) is 0 Å². The summed E-state index contributed by atoms with van der Waals surface area (Å²) in [6.45, 7) is 7.67. The highest BCUT2D eigenvalue weighted by Crippen LogP contribution is 2.42. The zero-order valence-corrected chi connectivity index (χ0v) is 13.5. The molecule has 0 amide bonds. The monoisotopic (exact) mass is 292 g/mol. The van der Waals surface area contributed by atoms with E-state index >= 15 is 0 Å². The molecule has 0 N–H and O–H groups in total. The predicted molar refractivity (Wildman–Crippen MR) is 98.0 cm³/mol. The summed E-state index contributed by atoms with van der Waals surface area (Å²) in [5.74, 6) is 2.93. The molecule has 116 valence electrons. The van der Waals surface area contributed by atoms with E-state index in [2.05, 4.69) is 56.4 Å². The van der Waals surface area contributed by atoms with Crippen LogP contribution in [-0.2, 0) is 0 Å². The summed E-state index contributed by atoms with van der Waals surface area (Å²) in [6.07, 6.45) is 30.7. The predicted octanol–water partition coefficient (Wildman–Crippen LogP) is 6.04. The molecule has 22 heavy (non-hydrogen) atoms. The van der Waals surface area contributed by atoms with E-state index in [4.69, 9.17) is 0 Å². The molecule has 3 aliphatic carbocycles. The van der Waals surface area contributed by atoms with Gasteiger partial charge in [-0.3, -0.25) is 0 Å². The summed E-state index contributed by atoms with van der Waals surface area (Å²) in [6, 6.07) is 0. The summed E-state index contributed by atoms with van der Waals surface area (Å²) >= 11 is 0. The molecule has 0 nitrogen and oxygen atoms in total. The Morgan fingerprint density at radius 1 is 0.864 bits per heavy atom. The van der Waals surface area contributed by atoms with Crippen molar-refractivity contribution in [2.45, 2.75) is 25.7 Å². The van der Waals surface area contributed by atoms with Gasteiger partial charge in [0.25, 0.3) is 0 Å². The molecule has 0 aromatic carbocycles. The molecule has 1 fully saturated rings. The fourth-order valence-electron chi connectivity index (χ4n) is 3.40. The van der Waals surface area contributed by atoms with Crippen LogP contribution in [0.15, 0.2) is 73.4 Å². The first kappa shape index (κ1) is 16.8. The number of hydrogen-bond acceptors (Lipinski definition) is 0. The summed E-state index contributed by atoms with van der Waals surface area (Å²) in [7, 11) is 0. The summed E-state index contributed by atoms with van der Waals surface area (Å²) < 4.78 is 0. The van der Waals surface area contributed by atoms with Crippen LogP contribution in [0, 0.1) is 37.0 Å². The lowest BCUT2D eigenvalue weighted by molar-refractivity contribution is 0.397. The maximum Gasteiger partial charge on any atom is -0.00986 e. The minimum atomic E-state index is 0.325. The van der Waals surface area contributed by atoms with Gasteiger partial charge in [0.2, 0.25) is 0 Å². The second-order valence-electron chi connectivity index (χ2n) is 6.23. The zero-order chi connectivity index (χ0) is 15.6. The summed E-state index contributed by atoms with van der Waals surface area (Å²) in [4.78, 5) is 0. The first-order chi connectivity index (χ1) is 10.8. The molecular formula is C22H28. The largest absolute Gasteiger partial charge is 0.103 e. The first-order valence-electron chi connectivity index (χ1n) is 8.45. The minimum Gasteiger partial charge on any atom is -0.103 e. The molecule has 0 heteroatoms. The Hall–Kier alpha value is -1.56. The molecule has 0 aromatic rings. The van der Waals surface area contributed by atoms with Crippen LogP contribution in [0.2, 0.25) is 0 Å². The lowest BCUT2D eigenvalue weighted by Crippen LogP contribution is -2.12. The van der Waals surface area contributed by atoms with E-state index in [0.717, 1.165) is 17.8 Å². The lowest BCUT2D eigenvalue weighted by atomic mass is 9.84. The van der Waals surface area contributed by atoms with E-state index in [-0.39, 0.29) is 0 Å². The molecule has 0 heterocycles. The SMILES string of the molecule is C=CCCC1CCC2C=CC=CC21.[CH2]C1[CH]\C=C/C=C\C=C/1. The molecule has 0 aliphatic heterocycles. The molecule has 0 spiro atoms. The van der Waals surface area contributed by atoms with E-state index in [1.165, 1.54) is 25.7 Å². The van der Waals surface area contributed by atoms with Crippen LogP contribution in [0.3, 0.4) is 0 Å². The highest BCUT2D eigenvalue weighted by molar-refractivity contribution is 5.20. The molecule has 3 aliphatic rings. The Morgan fingerprint density at radius 3 is 2.45 bits per heavy atom. The Kier molecular flexibility index (Phi) is 7.22. The smallest absolute Gasteiger partial charge is 0.00986 e. The molecule has 3 rings (SSSR count). The van der Waals surface area contributed by atoms with Crippen LogP contribution in [0.4, 0.5) is 0 Å². The highest BCUT2D eigenvalue weighted by Gasteiger charge is 2.32. The fraction of sp³-hybridized carbons (Fsp3) is 0.364. The van der Waals surface area contributed by atoms with E-state index in [0.29, 0.717) is 5.92 Å². The molecule has 2 radical (unpaired) electrons. The van der Waals surface area contributed by atoms with Gasteiger partial charge in [-0.2, -0.15) is 0 Å². The second kappa shape index (κ2) is 9.46. The van der Waals surface area contributed by atoms with Crippen molar-refractivity contribution in [1.29, 1.82) is 0 Å². The lowest BCUT2D eigenvalue weighted by Gasteiger charge is -2.21. The van der Waals surface area contributed by atoms with E-state index in [1.807, 2.05) is 30.4 Å². The van der Waals surface area contributed by atoms with E-state index in [1.54, 1.807) is 0 Å². The van der Waals surface area contributed by atoms with Crippen LogP contribution in [-0.4, -0.2) is 0 Å². The zero-order valence-electron chi connectivity index (χ0n) is 13.5. The fourth-order valence-corrected chi connectivity index (χ4v) is 3.40. The van der Waals surface area contributed by atoms with Gasteiger partial charge in [0.05, 0.1) is 0 Å². The van der Waals surface area contributed by atoms with Crippen LogP contribution < -0.4 is 0 Å². The standard InChI is InChI=1S/C13H18.C9H10/c1-2-3-6-11-9-10-12-7-4-5-8-13(11)12;1-9-7-5-3-2-4-6-8-9/h2,4-5,7-8,11-13H,1,3,6,9-10H2;2-9H,1H2/b;3-2-,6-4-,7-5-. The van der Waals surface area contributed by atoms with Crippen LogP contribution in [0.25, 0.3) is 0 Å². The van der Waals surface area contributed by atoms with Gasteiger partial charge in [-0.1, -0.05) is 66.8 Å². The normalized spacial score (nSPS) is 36.2. The third-order valence-electron chi connectivity index (χ3n) is 4.61. The van der Waals surface area contributed by atoms with Gasteiger partial charge in [-0.15, -0.1) is 6.58 Å². The Labute approximate surface area is 136 Å². The van der Waals surface area contributed by atoms with Crippen molar-refractivity contribution in [2.24, 2.45) is 23.7 Å². The Balaban J connectivity index is 0.000000172. The number of rotatable bonds is 3. The van der Waals surface area contributed by atoms with Crippen molar-refractivity contribution in [3.05, 3.63) is 86.8 Å². The van der Waals surface area contributed by atoms with Gasteiger partial charge in [0.1, 0.15) is 0 Å². The molecule has 0 aromatic heterocycles. The summed E-state index contributed by atoms with van der Waals surface area (Å²) in [5, 5.41) is 0. The van der Waals surface area contributed by atoms with E-state index < -0.39 is 0 Å². The van der Waals surface area contributed by atoms with Crippen LogP contribution >= 0.6 is 0 Å². The van der Waals surface area contributed by atoms with Gasteiger partial charge < -0.3 is 0 Å². The van der Waals surface area contributed by atoms with Crippen molar-refractivity contribution >= 4 is 0 Å². The van der Waals surface area contributed by atoms with Gasteiger partial charge >= 0.3 is 0 Å². The third-order valence-corrected chi connectivity index (χ3v) is 4.61. The highest BCUT2D eigenvalue weighted by atomic mass is 14.4. The van der Waals surface area contributed by atoms with Gasteiger partial charge in [-0.05, 0) is 62.7 Å². The van der Waals surface area contributed by atoms with Crippen molar-refractivity contribution in [3.63, 3.8) is 0 Å². The van der Waals surface area contributed by atoms with Crippen LogP contribution in [0.5, 0.6) is 0 Å². The average Bonchev–Trinajstić information content (AvgIpc) is 2.93. The average molecular weight is 292 g/mol. The molecule has 0 saturated heterocycles.